The predicted molar refractivity (Wildman–Crippen MR) is 77.8 cm³/mol. The largest absolute Gasteiger partial charge is 0.399 e. The molecule has 0 aromatic carbocycles. The molecule has 0 aliphatic carbocycles. The lowest BCUT2D eigenvalue weighted by Crippen LogP contribution is -2.17. The fourth-order valence-corrected chi connectivity index (χ4v) is 2.89. The molecule has 0 unspecified atom stereocenters. The van der Waals surface area contributed by atoms with Crippen LogP contribution in [0.3, 0.4) is 0 Å². The molecular weight excluding hydrogens is 322 g/mol. The molecule has 0 aliphatic rings. The second-order valence-corrected chi connectivity index (χ2v) is 6.37. The molecule has 0 spiro atoms. The number of thiophene rings is 1. The maximum Gasteiger partial charge on any atom is 0.133 e. The Balaban J connectivity index is 2.16. The Bertz CT molecular complexity index is 509. The fraction of sp³-hybridized carbons (Fsp3) is 0.182. The molecule has 0 aliphatic heterocycles. The first-order chi connectivity index (χ1) is 8.04. The lowest BCUT2D eigenvalue weighted by atomic mass is 10.3. The monoisotopic (exact) mass is 331 g/mol. The van der Waals surface area contributed by atoms with E-state index in [2.05, 4.69) is 32.4 Å². The minimum Gasteiger partial charge on any atom is -0.399 e. The van der Waals surface area contributed by atoms with Crippen molar-refractivity contribution in [1.82, 2.24) is 4.98 Å². The number of nitrogen functional groups attached to an aromatic ring is 1. The minimum atomic E-state index is 0.415. The molecule has 17 heavy (non-hydrogen) atoms. The summed E-state index contributed by atoms with van der Waals surface area (Å²) in [5, 5.41) is 2.52. The second-order valence-electron chi connectivity index (χ2n) is 3.70. The summed E-state index contributed by atoms with van der Waals surface area (Å²) in [5.74, 6) is 0.775. The van der Waals surface area contributed by atoms with Crippen LogP contribution in [0.4, 0.5) is 11.5 Å². The molecule has 2 rings (SSSR count). The third-order valence-corrected chi connectivity index (χ3v) is 3.98. The molecule has 6 heteroatoms. The van der Waals surface area contributed by atoms with E-state index in [4.69, 9.17) is 17.3 Å². The van der Waals surface area contributed by atoms with Crippen LogP contribution in [-0.2, 0) is 6.54 Å². The summed E-state index contributed by atoms with van der Waals surface area (Å²) in [6.07, 6.45) is 0. The van der Waals surface area contributed by atoms with Gasteiger partial charge in [0.05, 0.1) is 3.79 Å². The van der Waals surface area contributed by atoms with Crippen molar-refractivity contribution in [2.45, 2.75) is 6.54 Å². The summed E-state index contributed by atoms with van der Waals surface area (Å²) in [5.41, 5.74) is 7.59. The van der Waals surface area contributed by atoms with Crippen molar-refractivity contribution in [2.75, 3.05) is 17.7 Å². The third kappa shape index (κ3) is 3.34. The molecule has 0 amide bonds. The Morgan fingerprint density at radius 3 is 2.82 bits per heavy atom. The molecule has 0 fully saturated rings. The first kappa shape index (κ1) is 12.7. The number of halogens is 2. The number of nitrogens with two attached hydrogens (primary N) is 1. The molecular formula is C11H11BrClN3S. The summed E-state index contributed by atoms with van der Waals surface area (Å²) in [7, 11) is 1.96. The molecule has 0 radical (unpaired) electrons. The van der Waals surface area contributed by atoms with E-state index in [0.29, 0.717) is 10.8 Å². The second kappa shape index (κ2) is 5.25. The maximum atomic E-state index is 5.88. The van der Waals surface area contributed by atoms with Crippen molar-refractivity contribution >= 4 is 50.4 Å². The Labute approximate surface area is 117 Å². The number of pyridine rings is 1. The zero-order valence-electron chi connectivity index (χ0n) is 9.15. The van der Waals surface area contributed by atoms with Crippen LogP contribution in [0.25, 0.3) is 0 Å². The Morgan fingerprint density at radius 1 is 1.47 bits per heavy atom. The number of rotatable bonds is 3. The van der Waals surface area contributed by atoms with Crippen LogP contribution >= 0.6 is 38.9 Å². The number of anilines is 2. The molecule has 90 valence electrons. The van der Waals surface area contributed by atoms with Crippen LogP contribution in [0.15, 0.2) is 27.4 Å². The van der Waals surface area contributed by atoms with E-state index in [1.807, 2.05) is 18.0 Å². The van der Waals surface area contributed by atoms with Gasteiger partial charge in [-0.2, -0.15) is 0 Å². The average molecular weight is 333 g/mol. The van der Waals surface area contributed by atoms with Gasteiger partial charge in [0, 0.05) is 25.3 Å². The van der Waals surface area contributed by atoms with E-state index >= 15 is 0 Å². The van der Waals surface area contributed by atoms with Gasteiger partial charge in [-0.15, -0.1) is 11.3 Å². The van der Waals surface area contributed by atoms with Crippen molar-refractivity contribution in [2.24, 2.45) is 0 Å². The van der Waals surface area contributed by atoms with E-state index in [1.54, 1.807) is 17.4 Å². The van der Waals surface area contributed by atoms with Gasteiger partial charge in [0.2, 0.25) is 0 Å². The minimum absolute atomic E-state index is 0.415. The molecule has 2 aromatic heterocycles. The van der Waals surface area contributed by atoms with Crippen molar-refractivity contribution in [3.63, 3.8) is 0 Å². The normalized spacial score (nSPS) is 10.5. The summed E-state index contributed by atoms with van der Waals surface area (Å²) < 4.78 is 1.12. The highest BCUT2D eigenvalue weighted by atomic mass is 79.9. The first-order valence-electron chi connectivity index (χ1n) is 4.92. The number of hydrogen-bond acceptors (Lipinski definition) is 4. The van der Waals surface area contributed by atoms with Gasteiger partial charge in [0.15, 0.2) is 0 Å². The highest BCUT2D eigenvalue weighted by Crippen LogP contribution is 2.24. The zero-order chi connectivity index (χ0) is 12.4. The fourth-order valence-electron chi connectivity index (χ4n) is 1.48. The molecule has 3 nitrogen and oxygen atoms in total. The number of nitrogens with zero attached hydrogens (tertiary/aromatic N) is 2. The topological polar surface area (TPSA) is 42.1 Å². The zero-order valence-corrected chi connectivity index (χ0v) is 12.3. The standard InChI is InChI=1S/C11H11BrClN3S/c1-16(5-7-2-9(12)17-6-7)11-4-8(14)3-10(13)15-11/h2-4,6H,5H2,1H3,(H2,14,15). The lowest BCUT2D eigenvalue weighted by Gasteiger charge is -2.18. The van der Waals surface area contributed by atoms with Gasteiger partial charge < -0.3 is 10.6 Å². The first-order valence-corrected chi connectivity index (χ1v) is 6.97. The van der Waals surface area contributed by atoms with Crippen LogP contribution < -0.4 is 10.6 Å². The molecule has 2 N–H and O–H groups in total. The quantitative estimate of drug-likeness (QED) is 0.870. The van der Waals surface area contributed by atoms with Gasteiger partial charge in [-0.1, -0.05) is 11.6 Å². The van der Waals surface area contributed by atoms with Crippen LogP contribution in [0.2, 0.25) is 5.15 Å². The van der Waals surface area contributed by atoms with Crippen molar-refractivity contribution in [3.8, 4) is 0 Å². The van der Waals surface area contributed by atoms with E-state index in [-0.39, 0.29) is 0 Å². The van der Waals surface area contributed by atoms with Crippen LogP contribution in [0, 0.1) is 0 Å². The highest BCUT2D eigenvalue weighted by Gasteiger charge is 2.07. The predicted octanol–water partition coefficient (Wildman–Crippen LogP) is 3.78. The Kier molecular flexibility index (Phi) is 3.91. The van der Waals surface area contributed by atoms with Gasteiger partial charge in [-0.05, 0) is 39.0 Å². The average Bonchev–Trinajstić information content (AvgIpc) is 2.62. The van der Waals surface area contributed by atoms with Gasteiger partial charge in [-0.25, -0.2) is 4.98 Å². The molecule has 2 heterocycles. The van der Waals surface area contributed by atoms with Gasteiger partial charge in [-0.3, -0.25) is 0 Å². The summed E-state index contributed by atoms with van der Waals surface area (Å²) >= 11 is 11.0. The van der Waals surface area contributed by atoms with Crippen molar-refractivity contribution in [1.29, 1.82) is 0 Å². The summed E-state index contributed by atoms with van der Waals surface area (Å²) in [6.45, 7) is 0.773. The summed E-state index contributed by atoms with van der Waals surface area (Å²) in [4.78, 5) is 6.25. The van der Waals surface area contributed by atoms with Crippen molar-refractivity contribution < 1.29 is 0 Å². The smallest absolute Gasteiger partial charge is 0.133 e. The molecule has 2 aromatic rings. The number of hydrogen-bond donors (Lipinski definition) is 1. The van der Waals surface area contributed by atoms with Gasteiger partial charge >= 0.3 is 0 Å². The van der Waals surface area contributed by atoms with Gasteiger partial charge in [0.1, 0.15) is 11.0 Å². The number of aromatic nitrogens is 1. The van der Waals surface area contributed by atoms with Crippen molar-refractivity contribution in [3.05, 3.63) is 38.1 Å². The maximum absolute atomic E-state index is 5.88. The van der Waals surface area contributed by atoms with Crippen LogP contribution in [0.1, 0.15) is 5.56 Å². The van der Waals surface area contributed by atoms with Gasteiger partial charge in [0.25, 0.3) is 0 Å². The molecule has 0 saturated heterocycles. The highest BCUT2D eigenvalue weighted by molar-refractivity contribution is 9.11. The van der Waals surface area contributed by atoms with Crippen LogP contribution in [0.5, 0.6) is 0 Å². The Morgan fingerprint density at radius 2 is 2.24 bits per heavy atom. The molecule has 0 bridgehead atoms. The van der Waals surface area contributed by atoms with E-state index in [1.165, 1.54) is 5.56 Å². The molecule has 0 atom stereocenters. The van der Waals surface area contributed by atoms with Crippen LogP contribution in [-0.4, -0.2) is 12.0 Å². The van der Waals surface area contributed by atoms with E-state index in [9.17, 15) is 0 Å². The summed E-state index contributed by atoms with van der Waals surface area (Å²) in [6, 6.07) is 5.54. The van der Waals surface area contributed by atoms with E-state index < -0.39 is 0 Å². The Hall–Kier alpha value is -0.780. The van der Waals surface area contributed by atoms with E-state index in [0.717, 1.165) is 16.1 Å². The lowest BCUT2D eigenvalue weighted by molar-refractivity contribution is 0.902. The third-order valence-electron chi connectivity index (χ3n) is 2.24. The SMILES string of the molecule is CN(Cc1csc(Br)c1)c1cc(N)cc(Cl)n1. The molecule has 0 saturated carbocycles.